The monoisotopic (exact) mass is 439 g/mol. The molecule has 9 nitrogen and oxygen atoms in total. The van der Waals surface area contributed by atoms with Gasteiger partial charge in [0.2, 0.25) is 11.8 Å². The maximum Gasteiger partial charge on any atom is 0.267 e. The topological polar surface area (TPSA) is 122 Å². The largest absolute Gasteiger partial charge is 0.353 e. The van der Waals surface area contributed by atoms with Crippen LogP contribution in [0.2, 0.25) is 0 Å². The molecule has 0 aliphatic heterocycles. The molecule has 3 rings (SSSR count). The second-order valence-corrected chi connectivity index (χ2v) is 8.92. The van der Waals surface area contributed by atoms with Gasteiger partial charge in [-0.25, -0.2) is 4.68 Å². The lowest BCUT2D eigenvalue weighted by molar-refractivity contribution is -0.123. The van der Waals surface area contributed by atoms with Crippen LogP contribution in [0.3, 0.4) is 0 Å². The van der Waals surface area contributed by atoms with Crippen molar-refractivity contribution >= 4 is 23.4 Å². The first-order valence-corrected chi connectivity index (χ1v) is 10.7. The molecule has 1 fully saturated rings. The van der Waals surface area contributed by atoms with E-state index in [1.54, 1.807) is 30.3 Å². The van der Waals surface area contributed by atoms with Gasteiger partial charge in [-0.15, -0.1) is 0 Å². The second-order valence-electron chi connectivity index (χ2n) is 8.92. The molecule has 32 heavy (non-hydrogen) atoms. The van der Waals surface area contributed by atoms with E-state index < -0.39 is 5.41 Å². The summed E-state index contributed by atoms with van der Waals surface area (Å²) in [7, 11) is 0. The van der Waals surface area contributed by atoms with Crippen molar-refractivity contribution in [2.45, 2.75) is 46.1 Å². The maximum absolute atomic E-state index is 12.3. The predicted octanol–water partition coefficient (Wildman–Crippen LogP) is 1.65. The van der Waals surface area contributed by atoms with Gasteiger partial charge in [0.15, 0.2) is 0 Å². The first-order chi connectivity index (χ1) is 15.1. The number of hydrogen-bond donors (Lipinski definition) is 3. The van der Waals surface area contributed by atoms with Crippen LogP contribution < -0.4 is 21.5 Å². The van der Waals surface area contributed by atoms with Crippen molar-refractivity contribution < 1.29 is 14.4 Å². The standard InChI is InChI=1S/C23H29N5O4/c1-23(2,3)22(32)26-17-8-6-16(7-9-17)21(31)25-13-12-24-19(29)14-28-20(30)11-10-18(27-28)15-4-5-15/h6-11,15H,4-5,12-14H2,1-3H3,(H,24,29)(H,25,31)(H,26,32). The normalized spacial score (nSPS) is 13.3. The molecule has 0 bridgehead atoms. The highest BCUT2D eigenvalue weighted by atomic mass is 16.2. The average molecular weight is 440 g/mol. The summed E-state index contributed by atoms with van der Waals surface area (Å²) in [5.41, 5.74) is 1.07. The summed E-state index contributed by atoms with van der Waals surface area (Å²) in [6, 6.07) is 9.73. The molecule has 0 radical (unpaired) electrons. The molecule has 1 aliphatic carbocycles. The summed E-state index contributed by atoms with van der Waals surface area (Å²) in [4.78, 5) is 48.3. The maximum atomic E-state index is 12.3. The summed E-state index contributed by atoms with van der Waals surface area (Å²) >= 11 is 0. The van der Waals surface area contributed by atoms with E-state index in [-0.39, 0.29) is 42.9 Å². The lowest BCUT2D eigenvalue weighted by Crippen LogP contribution is -2.38. The van der Waals surface area contributed by atoms with E-state index in [2.05, 4.69) is 21.0 Å². The highest BCUT2D eigenvalue weighted by Gasteiger charge is 2.25. The van der Waals surface area contributed by atoms with Crippen LogP contribution in [0.1, 0.15) is 55.6 Å². The zero-order valence-corrected chi connectivity index (χ0v) is 18.6. The van der Waals surface area contributed by atoms with Crippen LogP contribution in [0, 0.1) is 5.41 Å². The SMILES string of the molecule is CC(C)(C)C(=O)Nc1ccc(C(=O)NCCNC(=O)Cn2nc(C3CC3)ccc2=O)cc1. The number of benzene rings is 1. The van der Waals surface area contributed by atoms with Gasteiger partial charge in [0.05, 0.1) is 5.69 Å². The number of nitrogens with one attached hydrogen (secondary N) is 3. The van der Waals surface area contributed by atoms with E-state index in [9.17, 15) is 19.2 Å². The van der Waals surface area contributed by atoms with E-state index in [0.29, 0.717) is 17.2 Å². The van der Waals surface area contributed by atoms with Crippen molar-refractivity contribution in [1.29, 1.82) is 0 Å². The fourth-order valence-corrected chi connectivity index (χ4v) is 2.87. The van der Waals surface area contributed by atoms with Crippen LogP contribution in [-0.2, 0) is 16.1 Å². The fourth-order valence-electron chi connectivity index (χ4n) is 2.87. The minimum absolute atomic E-state index is 0.109. The Labute approximate surface area is 186 Å². The van der Waals surface area contributed by atoms with Crippen LogP contribution in [-0.4, -0.2) is 40.6 Å². The minimum atomic E-state index is -0.510. The number of rotatable bonds is 8. The summed E-state index contributed by atoms with van der Waals surface area (Å²) in [5, 5.41) is 12.5. The Kier molecular flexibility index (Phi) is 7.07. The summed E-state index contributed by atoms with van der Waals surface area (Å²) in [6.45, 7) is 5.77. The third kappa shape index (κ3) is 6.50. The zero-order valence-electron chi connectivity index (χ0n) is 18.6. The number of anilines is 1. The molecule has 0 unspecified atom stereocenters. The Hall–Kier alpha value is -3.49. The number of nitrogens with zero attached hydrogens (tertiary/aromatic N) is 2. The minimum Gasteiger partial charge on any atom is -0.353 e. The highest BCUT2D eigenvalue weighted by molar-refractivity contribution is 5.97. The number of hydrogen-bond acceptors (Lipinski definition) is 5. The van der Waals surface area contributed by atoms with Crippen LogP contribution in [0.15, 0.2) is 41.2 Å². The van der Waals surface area contributed by atoms with Crippen LogP contribution in [0.25, 0.3) is 0 Å². The first kappa shape index (κ1) is 23.2. The van der Waals surface area contributed by atoms with E-state index in [0.717, 1.165) is 18.5 Å². The molecule has 0 atom stereocenters. The van der Waals surface area contributed by atoms with Gasteiger partial charge in [-0.1, -0.05) is 20.8 Å². The first-order valence-electron chi connectivity index (χ1n) is 10.7. The third-order valence-electron chi connectivity index (χ3n) is 5.00. The van der Waals surface area contributed by atoms with Gasteiger partial charge in [-0.3, -0.25) is 19.2 Å². The number of carbonyl (C=O) groups is 3. The van der Waals surface area contributed by atoms with Gasteiger partial charge < -0.3 is 16.0 Å². The zero-order chi connectivity index (χ0) is 23.3. The fraction of sp³-hybridized carbons (Fsp3) is 0.435. The molecule has 0 saturated heterocycles. The summed E-state index contributed by atoms with van der Waals surface area (Å²) in [6.07, 6.45) is 2.12. The molecular formula is C23H29N5O4. The molecule has 3 N–H and O–H groups in total. The van der Waals surface area contributed by atoms with E-state index in [1.807, 2.05) is 20.8 Å². The Morgan fingerprint density at radius 3 is 2.28 bits per heavy atom. The lowest BCUT2D eigenvalue weighted by Gasteiger charge is -2.17. The molecule has 170 valence electrons. The van der Waals surface area contributed by atoms with Gasteiger partial charge >= 0.3 is 0 Å². The number of carbonyl (C=O) groups excluding carboxylic acids is 3. The Bertz CT molecular complexity index is 1050. The van der Waals surface area contributed by atoms with Crippen molar-refractivity contribution in [3.05, 3.63) is 58.0 Å². The molecule has 1 aromatic heterocycles. The van der Waals surface area contributed by atoms with E-state index in [1.165, 1.54) is 10.7 Å². The Morgan fingerprint density at radius 2 is 1.66 bits per heavy atom. The van der Waals surface area contributed by atoms with Crippen LogP contribution in [0.5, 0.6) is 0 Å². The molecule has 3 amide bonds. The smallest absolute Gasteiger partial charge is 0.267 e. The molecule has 1 heterocycles. The molecule has 1 aromatic carbocycles. The second kappa shape index (κ2) is 9.76. The summed E-state index contributed by atoms with van der Waals surface area (Å²) < 4.78 is 1.17. The third-order valence-corrected chi connectivity index (χ3v) is 5.00. The lowest BCUT2D eigenvalue weighted by atomic mass is 9.95. The Morgan fingerprint density at radius 1 is 1.00 bits per heavy atom. The molecule has 9 heteroatoms. The van der Waals surface area contributed by atoms with Crippen molar-refractivity contribution in [1.82, 2.24) is 20.4 Å². The molecule has 1 aliphatic rings. The van der Waals surface area contributed by atoms with Crippen molar-refractivity contribution in [2.24, 2.45) is 5.41 Å². The Balaban J connectivity index is 1.41. The number of aromatic nitrogens is 2. The van der Waals surface area contributed by atoms with Crippen LogP contribution in [0.4, 0.5) is 5.69 Å². The quantitative estimate of drug-likeness (QED) is 0.540. The van der Waals surface area contributed by atoms with Gasteiger partial charge in [-0.05, 0) is 43.2 Å². The van der Waals surface area contributed by atoms with Crippen molar-refractivity contribution in [3.8, 4) is 0 Å². The van der Waals surface area contributed by atoms with Gasteiger partial charge in [-0.2, -0.15) is 5.10 Å². The van der Waals surface area contributed by atoms with E-state index in [4.69, 9.17) is 0 Å². The molecule has 1 saturated carbocycles. The molecular weight excluding hydrogens is 410 g/mol. The van der Waals surface area contributed by atoms with Crippen molar-refractivity contribution in [2.75, 3.05) is 18.4 Å². The van der Waals surface area contributed by atoms with Gasteiger partial charge in [0.25, 0.3) is 11.5 Å². The molecule has 2 aromatic rings. The van der Waals surface area contributed by atoms with Gasteiger partial charge in [0.1, 0.15) is 6.54 Å². The molecule has 0 spiro atoms. The number of amides is 3. The van der Waals surface area contributed by atoms with E-state index >= 15 is 0 Å². The summed E-state index contributed by atoms with van der Waals surface area (Å²) in [5.74, 6) is -0.352. The van der Waals surface area contributed by atoms with Crippen LogP contribution >= 0.6 is 0 Å². The average Bonchev–Trinajstić information content (AvgIpc) is 3.58. The highest BCUT2D eigenvalue weighted by Crippen LogP contribution is 2.38. The van der Waals surface area contributed by atoms with Gasteiger partial charge in [0, 0.05) is 41.7 Å². The predicted molar refractivity (Wildman–Crippen MR) is 120 cm³/mol. The van der Waals surface area contributed by atoms with Crippen molar-refractivity contribution in [3.63, 3.8) is 0 Å².